The van der Waals surface area contributed by atoms with E-state index in [-0.39, 0.29) is 11.0 Å². The molecule has 1 N–H and O–H groups in total. The van der Waals surface area contributed by atoms with Crippen molar-refractivity contribution in [3.63, 3.8) is 0 Å². The molecule has 7 heteroatoms. The first-order valence-electron chi connectivity index (χ1n) is 9.89. The lowest BCUT2D eigenvalue weighted by Crippen LogP contribution is -2.36. The van der Waals surface area contributed by atoms with Crippen molar-refractivity contribution in [1.29, 1.82) is 0 Å². The van der Waals surface area contributed by atoms with Crippen molar-refractivity contribution in [2.45, 2.75) is 33.4 Å². The van der Waals surface area contributed by atoms with Gasteiger partial charge >= 0.3 is 0 Å². The normalized spacial score (nSPS) is 14.2. The van der Waals surface area contributed by atoms with Crippen LogP contribution in [0.2, 0.25) is 0 Å². The molecule has 0 unspecified atom stereocenters. The molecule has 3 aromatic heterocycles. The quantitative estimate of drug-likeness (QED) is 0.564. The molecule has 0 spiro atoms. The summed E-state index contributed by atoms with van der Waals surface area (Å²) in [6, 6.07) is 7.39. The van der Waals surface area contributed by atoms with Gasteiger partial charge in [-0.15, -0.1) is 0 Å². The third kappa shape index (κ3) is 3.17. The van der Waals surface area contributed by atoms with Crippen molar-refractivity contribution >= 4 is 11.0 Å². The van der Waals surface area contributed by atoms with Gasteiger partial charge in [0.1, 0.15) is 5.58 Å². The van der Waals surface area contributed by atoms with Gasteiger partial charge in [0.2, 0.25) is 0 Å². The summed E-state index contributed by atoms with van der Waals surface area (Å²) < 4.78 is 11.1. The van der Waals surface area contributed by atoms with Crippen molar-refractivity contribution in [3.05, 3.63) is 85.3 Å². The van der Waals surface area contributed by atoms with Gasteiger partial charge < -0.3 is 13.8 Å². The molecule has 1 aliphatic rings. The second-order valence-corrected chi connectivity index (χ2v) is 7.82. The fraction of sp³-hybridized carbons (Fsp3) is 0.261. The van der Waals surface area contributed by atoms with Crippen molar-refractivity contribution in [2.24, 2.45) is 0 Å². The molecule has 0 bridgehead atoms. The first-order valence-corrected chi connectivity index (χ1v) is 9.89. The second kappa shape index (κ2) is 7.11. The SMILES string of the molecule is Cc1cc(C)c2c(=O)c(CN3CCc4nc(-c5ccco5)[nH]c(=O)c4C3)coc2c1. The maximum absolute atomic E-state index is 13.0. The molecule has 0 saturated carbocycles. The van der Waals surface area contributed by atoms with Crippen LogP contribution in [0.1, 0.15) is 27.9 Å². The number of H-pyrrole nitrogens is 1. The van der Waals surface area contributed by atoms with E-state index in [0.29, 0.717) is 59.7 Å². The smallest absolute Gasteiger partial charge is 0.256 e. The van der Waals surface area contributed by atoms with E-state index in [4.69, 9.17) is 8.83 Å². The maximum Gasteiger partial charge on any atom is 0.256 e. The number of aromatic nitrogens is 2. The fourth-order valence-corrected chi connectivity index (χ4v) is 4.16. The molecule has 152 valence electrons. The molecular formula is C23H21N3O4. The Morgan fingerprint density at radius 1 is 1.20 bits per heavy atom. The number of aromatic amines is 1. The molecule has 5 rings (SSSR count). The highest BCUT2D eigenvalue weighted by molar-refractivity contribution is 5.81. The van der Waals surface area contributed by atoms with Crippen LogP contribution >= 0.6 is 0 Å². The number of hydrogen-bond donors (Lipinski definition) is 1. The minimum atomic E-state index is -0.173. The highest BCUT2D eigenvalue weighted by Crippen LogP contribution is 2.22. The summed E-state index contributed by atoms with van der Waals surface area (Å²) in [7, 11) is 0. The average Bonchev–Trinajstić information content (AvgIpc) is 3.25. The van der Waals surface area contributed by atoms with Crippen molar-refractivity contribution in [2.75, 3.05) is 6.54 Å². The summed E-state index contributed by atoms with van der Waals surface area (Å²) in [6.45, 7) is 5.46. The van der Waals surface area contributed by atoms with Crippen molar-refractivity contribution in [1.82, 2.24) is 14.9 Å². The molecule has 4 aromatic rings. The third-order valence-corrected chi connectivity index (χ3v) is 5.59. The molecule has 0 atom stereocenters. The summed E-state index contributed by atoms with van der Waals surface area (Å²) in [5.74, 6) is 0.981. The molecule has 0 aliphatic carbocycles. The molecule has 0 fully saturated rings. The summed E-state index contributed by atoms with van der Waals surface area (Å²) in [5.41, 5.74) is 4.39. The zero-order chi connectivity index (χ0) is 20.8. The van der Waals surface area contributed by atoms with Gasteiger partial charge in [0.15, 0.2) is 17.0 Å². The van der Waals surface area contributed by atoms with E-state index >= 15 is 0 Å². The fourth-order valence-electron chi connectivity index (χ4n) is 4.16. The van der Waals surface area contributed by atoms with Crippen molar-refractivity contribution in [3.8, 4) is 11.6 Å². The molecule has 30 heavy (non-hydrogen) atoms. The molecule has 1 aromatic carbocycles. The predicted octanol–water partition coefficient (Wildman–Crippen LogP) is 3.31. The second-order valence-electron chi connectivity index (χ2n) is 7.82. The largest absolute Gasteiger partial charge is 0.464 e. The van der Waals surface area contributed by atoms with E-state index in [2.05, 4.69) is 14.9 Å². The Hall–Kier alpha value is -3.45. The number of rotatable bonds is 3. The van der Waals surface area contributed by atoms with Crippen molar-refractivity contribution < 1.29 is 8.83 Å². The molecule has 1 aliphatic heterocycles. The Morgan fingerprint density at radius 3 is 2.87 bits per heavy atom. The van der Waals surface area contributed by atoms with Crippen LogP contribution in [-0.4, -0.2) is 21.4 Å². The van der Waals surface area contributed by atoms with Gasteiger partial charge in [-0.3, -0.25) is 14.5 Å². The number of benzene rings is 1. The standard InChI is InChI=1S/C23H21N3O4/c1-13-8-14(2)20-19(9-13)30-12-15(21(20)27)10-26-6-5-17-16(11-26)23(28)25-22(24-17)18-4-3-7-29-18/h3-4,7-9,12H,5-6,10-11H2,1-2H3,(H,24,25,28). The summed E-state index contributed by atoms with van der Waals surface area (Å²) in [5, 5.41) is 0.623. The minimum absolute atomic E-state index is 0.0141. The van der Waals surface area contributed by atoms with Gasteiger partial charge in [0.25, 0.3) is 5.56 Å². The first-order chi connectivity index (χ1) is 14.5. The molecule has 0 saturated heterocycles. The summed E-state index contributed by atoms with van der Waals surface area (Å²) in [4.78, 5) is 35.2. The molecule has 4 heterocycles. The highest BCUT2D eigenvalue weighted by atomic mass is 16.3. The van der Waals surface area contributed by atoms with Gasteiger partial charge in [0, 0.05) is 31.6 Å². The van der Waals surface area contributed by atoms with Crippen LogP contribution in [0.25, 0.3) is 22.6 Å². The Kier molecular flexibility index (Phi) is 4.40. The Labute approximate surface area is 172 Å². The summed E-state index contributed by atoms with van der Waals surface area (Å²) in [6.07, 6.45) is 3.72. The predicted molar refractivity (Wildman–Crippen MR) is 112 cm³/mol. The van der Waals surface area contributed by atoms with E-state index < -0.39 is 0 Å². The van der Waals surface area contributed by atoms with E-state index in [1.165, 1.54) is 0 Å². The maximum atomic E-state index is 13.0. The van der Waals surface area contributed by atoms with Crippen LogP contribution in [0, 0.1) is 13.8 Å². The molecular weight excluding hydrogens is 382 g/mol. The average molecular weight is 403 g/mol. The van der Waals surface area contributed by atoms with Crippen LogP contribution in [0.5, 0.6) is 0 Å². The highest BCUT2D eigenvalue weighted by Gasteiger charge is 2.23. The lowest BCUT2D eigenvalue weighted by atomic mass is 10.0. The Bertz CT molecular complexity index is 1370. The molecule has 7 nitrogen and oxygen atoms in total. The number of aryl methyl sites for hydroxylation is 2. The van der Waals surface area contributed by atoms with Crippen LogP contribution in [0.3, 0.4) is 0 Å². The number of furan rings is 1. The molecule has 0 radical (unpaired) electrons. The van der Waals surface area contributed by atoms with E-state index in [1.807, 2.05) is 26.0 Å². The Balaban J connectivity index is 1.44. The zero-order valence-corrected chi connectivity index (χ0v) is 16.8. The first kappa shape index (κ1) is 18.6. The van der Waals surface area contributed by atoms with Gasteiger partial charge in [-0.1, -0.05) is 6.07 Å². The van der Waals surface area contributed by atoms with E-state index in [9.17, 15) is 9.59 Å². The lowest BCUT2D eigenvalue weighted by Gasteiger charge is -2.27. The van der Waals surface area contributed by atoms with Crippen LogP contribution in [-0.2, 0) is 19.5 Å². The van der Waals surface area contributed by atoms with Gasteiger partial charge in [-0.05, 0) is 43.2 Å². The number of nitrogens with zero attached hydrogens (tertiary/aromatic N) is 2. The van der Waals surface area contributed by atoms with E-state index in [0.717, 1.165) is 16.8 Å². The lowest BCUT2D eigenvalue weighted by molar-refractivity contribution is 0.239. The Morgan fingerprint density at radius 2 is 2.07 bits per heavy atom. The number of hydrogen-bond acceptors (Lipinski definition) is 6. The third-order valence-electron chi connectivity index (χ3n) is 5.59. The summed E-state index contributed by atoms with van der Waals surface area (Å²) >= 11 is 0. The zero-order valence-electron chi connectivity index (χ0n) is 16.8. The monoisotopic (exact) mass is 403 g/mol. The van der Waals surface area contributed by atoms with Crippen LogP contribution < -0.4 is 11.0 Å². The van der Waals surface area contributed by atoms with Gasteiger partial charge in [-0.25, -0.2) is 4.98 Å². The van der Waals surface area contributed by atoms with E-state index in [1.54, 1.807) is 24.7 Å². The van der Waals surface area contributed by atoms with Gasteiger partial charge in [0.05, 0.1) is 29.2 Å². The van der Waals surface area contributed by atoms with Gasteiger partial charge in [-0.2, -0.15) is 0 Å². The van der Waals surface area contributed by atoms with Crippen LogP contribution in [0.15, 0.2) is 55.2 Å². The van der Waals surface area contributed by atoms with Crippen LogP contribution in [0.4, 0.5) is 0 Å². The molecule has 0 amide bonds. The minimum Gasteiger partial charge on any atom is -0.464 e. The topological polar surface area (TPSA) is 92.3 Å². The number of nitrogens with one attached hydrogen (secondary N) is 1. The number of fused-ring (bicyclic) bond motifs is 2.